The number of benzene rings is 1. The van der Waals surface area contributed by atoms with Gasteiger partial charge >= 0.3 is 5.97 Å². The molecular weight excluding hydrogens is 402 g/mol. The van der Waals surface area contributed by atoms with Gasteiger partial charge in [-0.3, -0.25) is 4.79 Å². The molecule has 1 aliphatic rings. The van der Waals surface area contributed by atoms with E-state index in [-0.39, 0.29) is 27.4 Å². The highest BCUT2D eigenvalue weighted by Gasteiger charge is 2.31. The summed E-state index contributed by atoms with van der Waals surface area (Å²) in [5.74, 6) is -0.253. The number of nitrogens with one attached hydrogen (secondary N) is 1. The molecule has 1 heterocycles. The second kappa shape index (κ2) is 8.51. The van der Waals surface area contributed by atoms with Crippen molar-refractivity contribution in [1.29, 1.82) is 0 Å². The first-order valence-corrected chi connectivity index (χ1v) is 12.8. The van der Waals surface area contributed by atoms with E-state index >= 15 is 0 Å². The van der Waals surface area contributed by atoms with Crippen LogP contribution >= 0.6 is 0 Å². The Morgan fingerprint density at radius 1 is 1.11 bits per heavy atom. The van der Waals surface area contributed by atoms with Crippen LogP contribution in [0.4, 0.5) is 0 Å². The molecule has 1 aromatic rings. The highest BCUT2D eigenvalue weighted by atomic mass is 32.2. The van der Waals surface area contributed by atoms with Crippen molar-refractivity contribution in [3.8, 4) is 0 Å². The summed E-state index contributed by atoms with van der Waals surface area (Å²) in [7, 11) is -6.89. The van der Waals surface area contributed by atoms with Crippen LogP contribution in [0.25, 0.3) is 0 Å². The molecular formula is C19H29NO6S2. The lowest BCUT2D eigenvalue weighted by atomic mass is 9.90. The van der Waals surface area contributed by atoms with E-state index in [1.54, 1.807) is 0 Å². The first kappa shape index (κ1) is 22.8. The van der Waals surface area contributed by atoms with Crippen LogP contribution in [0.2, 0.25) is 0 Å². The zero-order valence-electron chi connectivity index (χ0n) is 16.8. The highest BCUT2D eigenvalue weighted by molar-refractivity contribution is 7.91. The van der Waals surface area contributed by atoms with Gasteiger partial charge < -0.3 is 10.1 Å². The van der Waals surface area contributed by atoms with E-state index in [0.29, 0.717) is 19.4 Å². The molecule has 1 aliphatic heterocycles. The summed E-state index contributed by atoms with van der Waals surface area (Å²) in [5.41, 5.74) is -0.562. The standard InChI is InChI=1S/C19H29NO6S2/c1-19(2,3)26-18(21)17-13-14(9-11-20-17)10-12-28(24,25)16-7-5-15(6-8-16)27(4,22)23/h5-8,14,17,20H,9-13H2,1-4H3. The molecule has 7 nitrogen and oxygen atoms in total. The lowest BCUT2D eigenvalue weighted by molar-refractivity contribution is -0.158. The van der Waals surface area contributed by atoms with Crippen LogP contribution in [0.15, 0.2) is 34.1 Å². The maximum atomic E-state index is 12.6. The van der Waals surface area contributed by atoms with Crippen molar-refractivity contribution >= 4 is 25.6 Å². The van der Waals surface area contributed by atoms with Gasteiger partial charge in [-0.05, 0) is 76.8 Å². The fraction of sp³-hybridized carbons (Fsp3) is 0.632. The van der Waals surface area contributed by atoms with E-state index < -0.39 is 31.3 Å². The van der Waals surface area contributed by atoms with Crippen molar-refractivity contribution in [2.75, 3.05) is 18.6 Å². The smallest absolute Gasteiger partial charge is 0.323 e. The van der Waals surface area contributed by atoms with Crippen LogP contribution in [0, 0.1) is 5.92 Å². The topological polar surface area (TPSA) is 107 Å². The number of ether oxygens (including phenoxy) is 1. The Morgan fingerprint density at radius 2 is 1.68 bits per heavy atom. The second-order valence-corrected chi connectivity index (χ2v) is 12.4. The minimum absolute atomic E-state index is 0.0447. The largest absolute Gasteiger partial charge is 0.459 e. The van der Waals surface area contributed by atoms with Crippen LogP contribution in [0.1, 0.15) is 40.0 Å². The Morgan fingerprint density at radius 3 is 2.21 bits per heavy atom. The second-order valence-electron chi connectivity index (χ2n) is 8.28. The lowest BCUT2D eigenvalue weighted by Gasteiger charge is -2.31. The molecule has 2 unspecified atom stereocenters. The van der Waals surface area contributed by atoms with E-state index in [9.17, 15) is 21.6 Å². The molecule has 0 radical (unpaired) electrons. The summed E-state index contributed by atoms with van der Waals surface area (Å²) < 4.78 is 53.6. The normalized spacial score (nSPS) is 21.3. The van der Waals surface area contributed by atoms with Crippen molar-refractivity contribution < 1.29 is 26.4 Å². The minimum atomic E-state index is -3.52. The van der Waals surface area contributed by atoms with E-state index in [0.717, 1.165) is 12.7 Å². The number of piperidine rings is 1. The molecule has 2 rings (SSSR count). The van der Waals surface area contributed by atoms with Crippen molar-refractivity contribution in [3.05, 3.63) is 24.3 Å². The van der Waals surface area contributed by atoms with Crippen molar-refractivity contribution in [1.82, 2.24) is 5.32 Å². The Balaban J connectivity index is 1.97. The van der Waals surface area contributed by atoms with Gasteiger partial charge in [0.15, 0.2) is 19.7 Å². The third-order valence-electron chi connectivity index (χ3n) is 4.61. The molecule has 0 amide bonds. The van der Waals surface area contributed by atoms with E-state index in [1.807, 2.05) is 20.8 Å². The van der Waals surface area contributed by atoms with E-state index in [2.05, 4.69) is 5.32 Å². The number of carbonyl (C=O) groups excluding carboxylic acids is 1. The number of hydrogen-bond donors (Lipinski definition) is 1. The van der Waals surface area contributed by atoms with Crippen LogP contribution in [-0.4, -0.2) is 53.0 Å². The van der Waals surface area contributed by atoms with Gasteiger partial charge in [-0.25, -0.2) is 16.8 Å². The van der Waals surface area contributed by atoms with Gasteiger partial charge in [0.1, 0.15) is 11.6 Å². The molecule has 0 aromatic heterocycles. The SMILES string of the molecule is CC(C)(C)OC(=O)C1CC(CCS(=O)(=O)c2ccc(S(C)(=O)=O)cc2)CCN1. The van der Waals surface area contributed by atoms with Crippen LogP contribution in [0.5, 0.6) is 0 Å². The zero-order chi connectivity index (χ0) is 21.2. The first-order valence-electron chi connectivity index (χ1n) is 9.27. The summed E-state index contributed by atoms with van der Waals surface area (Å²) in [6, 6.07) is 4.86. The van der Waals surface area contributed by atoms with Crippen LogP contribution in [-0.2, 0) is 29.2 Å². The summed E-state index contributed by atoms with van der Waals surface area (Å²) in [6.45, 7) is 6.07. The zero-order valence-corrected chi connectivity index (χ0v) is 18.4. The molecule has 1 aromatic carbocycles. The Bertz CT molecular complexity index is 899. The van der Waals surface area contributed by atoms with Gasteiger partial charge in [0.2, 0.25) is 0 Å². The third kappa shape index (κ3) is 6.56. The fourth-order valence-corrected chi connectivity index (χ4v) is 5.21. The van der Waals surface area contributed by atoms with E-state index in [4.69, 9.17) is 4.74 Å². The summed E-state index contributed by atoms with van der Waals surface area (Å²) in [6.07, 6.45) is 2.85. The summed E-state index contributed by atoms with van der Waals surface area (Å²) >= 11 is 0. The number of esters is 1. The van der Waals surface area contributed by atoms with Gasteiger partial charge in [-0.2, -0.15) is 0 Å². The van der Waals surface area contributed by atoms with Gasteiger partial charge in [-0.15, -0.1) is 0 Å². The molecule has 0 spiro atoms. The lowest BCUT2D eigenvalue weighted by Crippen LogP contribution is -2.46. The highest BCUT2D eigenvalue weighted by Crippen LogP contribution is 2.24. The molecule has 0 bridgehead atoms. The first-order chi connectivity index (χ1) is 12.8. The molecule has 2 atom stereocenters. The summed E-state index contributed by atoms with van der Waals surface area (Å²) in [5, 5.41) is 3.14. The van der Waals surface area contributed by atoms with E-state index in [1.165, 1.54) is 24.3 Å². The van der Waals surface area contributed by atoms with Gasteiger partial charge in [0.05, 0.1) is 15.5 Å². The van der Waals surface area contributed by atoms with Crippen molar-refractivity contribution in [2.24, 2.45) is 5.92 Å². The minimum Gasteiger partial charge on any atom is -0.459 e. The van der Waals surface area contributed by atoms with Gasteiger partial charge in [0, 0.05) is 6.26 Å². The van der Waals surface area contributed by atoms with Gasteiger partial charge in [0.25, 0.3) is 0 Å². The molecule has 1 saturated heterocycles. The van der Waals surface area contributed by atoms with Crippen molar-refractivity contribution in [2.45, 2.75) is 61.5 Å². The monoisotopic (exact) mass is 431 g/mol. The average molecular weight is 432 g/mol. The Kier molecular flexibility index (Phi) is 6.94. The maximum absolute atomic E-state index is 12.6. The summed E-state index contributed by atoms with van der Waals surface area (Å²) in [4.78, 5) is 12.4. The fourth-order valence-electron chi connectivity index (χ4n) is 3.14. The molecule has 1 fully saturated rings. The number of hydrogen-bond acceptors (Lipinski definition) is 7. The van der Waals surface area contributed by atoms with Gasteiger partial charge in [-0.1, -0.05) is 0 Å². The quantitative estimate of drug-likeness (QED) is 0.686. The maximum Gasteiger partial charge on any atom is 0.323 e. The van der Waals surface area contributed by atoms with Crippen LogP contribution in [0.3, 0.4) is 0 Å². The number of carbonyl (C=O) groups is 1. The molecule has 0 saturated carbocycles. The molecule has 1 N–H and O–H groups in total. The molecule has 0 aliphatic carbocycles. The Hall–Kier alpha value is -1.45. The Labute approximate surface area is 167 Å². The molecule has 28 heavy (non-hydrogen) atoms. The molecule has 9 heteroatoms. The third-order valence-corrected chi connectivity index (χ3v) is 7.50. The predicted octanol–water partition coefficient (Wildman–Crippen LogP) is 1.96. The average Bonchev–Trinajstić information content (AvgIpc) is 2.58. The predicted molar refractivity (Wildman–Crippen MR) is 107 cm³/mol. The number of rotatable bonds is 6. The molecule has 158 valence electrons. The van der Waals surface area contributed by atoms with Crippen molar-refractivity contribution in [3.63, 3.8) is 0 Å². The number of sulfone groups is 2. The van der Waals surface area contributed by atoms with Crippen LogP contribution < -0.4 is 5.32 Å².